The van der Waals surface area contributed by atoms with Crippen molar-refractivity contribution in [3.8, 4) is 33.4 Å². The maximum absolute atomic E-state index is 9.28. The first-order valence-electron chi connectivity index (χ1n) is 13.6. The van der Waals surface area contributed by atoms with Gasteiger partial charge in [-0.1, -0.05) is 97.7 Å². The molecule has 0 unspecified atom stereocenters. The van der Waals surface area contributed by atoms with Gasteiger partial charge in [0.1, 0.15) is 0 Å². The van der Waals surface area contributed by atoms with E-state index in [1.165, 1.54) is 34.1 Å². The van der Waals surface area contributed by atoms with Crippen LogP contribution in [0.1, 0.15) is 25.3 Å². The number of fused-ring (bicyclic) bond motifs is 1. The molecule has 0 aliphatic heterocycles. The first-order valence-corrected chi connectivity index (χ1v) is 14.0. The standard InChI is InChI=1S/C32H25Cl.C4H5O.C3H3O.2U/c1-2-3-7-23-10-12-24(13-11-23)25-14-16-26(17-15-25)28-18-20-31-29(22-28)19-21-30(32(31)33)27-8-5-4-6-9-27;1-4(2)3-5;1-2-3-4;;/h5-6,8-22H,1-3,7H2;1H2,2H3;2H,1H2;;/q-2;2*-1;2*+2. The minimum Gasteiger partial charge on any atom is -0.419 e. The summed E-state index contributed by atoms with van der Waals surface area (Å²) in [5.74, 6) is 0. The first-order chi connectivity index (χ1) is 20.4. The van der Waals surface area contributed by atoms with Crippen molar-refractivity contribution in [1.82, 2.24) is 0 Å². The molecule has 0 saturated carbocycles. The minimum atomic E-state index is 0. The smallest absolute Gasteiger partial charge is 0.419 e. The van der Waals surface area contributed by atoms with Crippen molar-refractivity contribution < 1.29 is 71.8 Å². The third kappa shape index (κ3) is 11.8. The summed E-state index contributed by atoms with van der Waals surface area (Å²) < 4.78 is 0. The molecule has 0 aromatic heterocycles. The van der Waals surface area contributed by atoms with Gasteiger partial charge in [0.25, 0.3) is 0 Å². The Kier molecular flexibility index (Phi) is 19.2. The van der Waals surface area contributed by atoms with Gasteiger partial charge in [-0.25, -0.2) is 19.2 Å². The van der Waals surface area contributed by atoms with E-state index in [1.54, 1.807) is 13.2 Å². The second-order valence-electron chi connectivity index (χ2n) is 9.59. The molecule has 5 aromatic rings. The van der Waals surface area contributed by atoms with Crippen LogP contribution in [0.3, 0.4) is 0 Å². The van der Waals surface area contributed by atoms with Crippen LogP contribution in [0, 0.1) is 75.2 Å². The SMILES string of the molecule is C=C(C)[C-]=O.C=C[C-]=O.[CH2-]CCCc1ccc(-c2ccc(-c3ccc4c(Cl)c(-c5cc[c-]cc5)ccc4c3)cc2)cc1.[U+2].[U+2]. The molecule has 5 heteroatoms. The molecule has 44 heavy (non-hydrogen) atoms. The molecule has 0 saturated heterocycles. The van der Waals surface area contributed by atoms with Crippen LogP contribution in [0.15, 0.2) is 128 Å². The van der Waals surface area contributed by atoms with Crippen LogP contribution in [0.2, 0.25) is 5.02 Å². The normalized spacial score (nSPS) is 9.52. The van der Waals surface area contributed by atoms with Gasteiger partial charge >= 0.3 is 62.2 Å². The van der Waals surface area contributed by atoms with Crippen LogP contribution in [-0.2, 0) is 16.0 Å². The van der Waals surface area contributed by atoms with Crippen molar-refractivity contribution in [2.24, 2.45) is 0 Å². The van der Waals surface area contributed by atoms with Crippen LogP contribution in [0.25, 0.3) is 44.2 Å². The number of hydrogen-bond acceptors (Lipinski definition) is 2. The number of carbonyl (C=O) groups excluding carboxylic acids is 2. The molecule has 0 N–H and O–H groups in total. The summed E-state index contributed by atoms with van der Waals surface area (Å²) in [6.07, 6.45) is 7.31. The summed E-state index contributed by atoms with van der Waals surface area (Å²) in [6.45, 7) is 11.8. The molecular weight excluding hydrogens is 1010 g/mol. The molecule has 0 fully saturated rings. The summed E-state index contributed by atoms with van der Waals surface area (Å²) in [5, 5.41) is 3.01. The second kappa shape index (κ2) is 21.3. The van der Waals surface area contributed by atoms with Crippen LogP contribution in [0.4, 0.5) is 0 Å². The average Bonchev–Trinajstić information content (AvgIpc) is 3.05. The molecule has 216 valence electrons. The van der Waals surface area contributed by atoms with Crippen molar-refractivity contribution in [3.63, 3.8) is 0 Å². The second-order valence-corrected chi connectivity index (χ2v) is 9.97. The fourth-order valence-electron chi connectivity index (χ4n) is 4.31. The molecule has 0 spiro atoms. The van der Waals surface area contributed by atoms with E-state index in [9.17, 15) is 4.79 Å². The first kappa shape index (κ1) is 39.6. The Morgan fingerprint density at radius 3 is 1.82 bits per heavy atom. The summed E-state index contributed by atoms with van der Waals surface area (Å²) in [4.78, 5) is 18.2. The summed E-state index contributed by atoms with van der Waals surface area (Å²) in [5.41, 5.74) is 8.85. The van der Waals surface area contributed by atoms with Crippen LogP contribution in [0.5, 0.6) is 0 Å². The van der Waals surface area contributed by atoms with E-state index in [1.807, 2.05) is 24.3 Å². The van der Waals surface area contributed by atoms with Gasteiger partial charge in [-0.3, -0.25) is 0 Å². The average molecular weight is 1050 g/mol. The van der Waals surface area contributed by atoms with Crippen LogP contribution >= 0.6 is 11.6 Å². The van der Waals surface area contributed by atoms with Gasteiger partial charge in [0, 0.05) is 5.39 Å². The van der Waals surface area contributed by atoms with Crippen molar-refractivity contribution >= 4 is 34.9 Å². The fourth-order valence-corrected chi connectivity index (χ4v) is 4.65. The van der Waals surface area contributed by atoms with Crippen molar-refractivity contribution in [2.45, 2.75) is 26.2 Å². The van der Waals surface area contributed by atoms with E-state index in [4.69, 9.17) is 16.4 Å². The minimum absolute atomic E-state index is 0. The fraction of sp³-hybridized carbons (Fsp3) is 0.103. The molecule has 0 amide bonds. The third-order valence-electron chi connectivity index (χ3n) is 6.46. The number of hydrogen-bond donors (Lipinski definition) is 0. The Morgan fingerprint density at radius 1 is 0.818 bits per heavy atom. The summed E-state index contributed by atoms with van der Waals surface area (Å²) in [7, 11) is 0. The Balaban J connectivity index is 0.000000779. The van der Waals surface area contributed by atoms with Crippen molar-refractivity contribution in [2.75, 3.05) is 0 Å². The van der Waals surface area contributed by atoms with E-state index >= 15 is 0 Å². The third-order valence-corrected chi connectivity index (χ3v) is 6.87. The number of benzene rings is 5. The zero-order valence-corrected chi connectivity index (χ0v) is 33.9. The quantitative estimate of drug-likeness (QED) is 0.115. The summed E-state index contributed by atoms with van der Waals surface area (Å²) in [6, 6.07) is 39.4. The number of unbranched alkanes of at least 4 members (excludes halogenated alkanes) is 1. The number of aryl methyl sites for hydroxylation is 1. The molecule has 2 nitrogen and oxygen atoms in total. The van der Waals surface area contributed by atoms with Crippen molar-refractivity contribution in [1.29, 1.82) is 0 Å². The van der Waals surface area contributed by atoms with E-state index < -0.39 is 0 Å². The Morgan fingerprint density at radius 2 is 1.32 bits per heavy atom. The molecule has 0 aliphatic carbocycles. The van der Waals surface area contributed by atoms with Gasteiger partial charge in [-0.05, 0) is 63.8 Å². The van der Waals surface area contributed by atoms with Gasteiger partial charge in [0.15, 0.2) is 0 Å². The summed E-state index contributed by atoms with van der Waals surface area (Å²) >= 11 is 6.79. The van der Waals surface area contributed by atoms with E-state index in [0.717, 1.165) is 52.3 Å². The topological polar surface area (TPSA) is 34.1 Å². The van der Waals surface area contributed by atoms with Crippen LogP contribution < -0.4 is 0 Å². The maximum Gasteiger partial charge on any atom is 2.00 e. The van der Waals surface area contributed by atoms with E-state index in [0.29, 0.717) is 5.57 Å². The van der Waals surface area contributed by atoms with Crippen LogP contribution in [-0.4, -0.2) is 12.6 Å². The number of halogens is 1. The molecule has 0 bridgehead atoms. The predicted octanol–water partition coefficient (Wildman–Crippen LogP) is 10.4. The molecule has 0 radical (unpaired) electrons. The monoisotopic (exact) mass is 1040 g/mol. The van der Waals surface area contributed by atoms with E-state index in [-0.39, 0.29) is 62.2 Å². The zero-order chi connectivity index (χ0) is 30.3. The molecule has 0 aliphatic rings. The van der Waals surface area contributed by atoms with E-state index in [2.05, 4.69) is 105 Å². The Hall–Kier alpha value is -2.43. The van der Waals surface area contributed by atoms with Gasteiger partial charge < -0.3 is 16.5 Å². The van der Waals surface area contributed by atoms with Gasteiger partial charge in [0.2, 0.25) is 0 Å². The predicted molar refractivity (Wildman–Crippen MR) is 179 cm³/mol. The molecule has 0 heterocycles. The Labute approximate surface area is 314 Å². The van der Waals surface area contributed by atoms with Crippen molar-refractivity contribution in [3.05, 3.63) is 152 Å². The number of allylic oxidation sites excluding steroid dienone is 2. The molecule has 5 aromatic carbocycles. The Bertz CT molecular complexity index is 1620. The molecule has 0 atom stereocenters. The molecule has 5 rings (SSSR count). The zero-order valence-electron chi connectivity index (χ0n) is 24.8. The van der Waals surface area contributed by atoms with Gasteiger partial charge in [-0.2, -0.15) is 42.3 Å². The van der Waals surface area contributed by atoms with Gasteiger partial charge in [-0.15, -0.1) is 5.56 Å². The van der Waals surface area contributed by atoms with Gasteiger partial charge in [0.05, 0.1) is 5.02 Å². The largest absolute Gasteiger partial charge is 2.00 e. The maximum atomic E-state index is 9.28. The molecular formula is C39H33ClO2U2. The number of rotatable bonds is 8.